The van der Waals surface area contributed by atoms with Gasteiger partial charge in [-0.25, -0.2) is 0 Å². The first-order chi connectivity index (χ1) is 8.65. The standard InChI is InChI=1S/C15H16ClNO/c1-10-7-13(18-2)5-6-14(10)15-8-12(16)4-3-11(15)9-17/h3-8H,9,17H2,1-2H3. The molecule has 0 aliphatic heterocycles. The predicted octanol–water partition coefficient (Wildman–Crippen LogP) is 3.78. The maximum Gasteiger partial charge on any atom is 0.119 e. The molecule has 94 valence electrons. The van der Waals surface area contributed by atoms with E-state index in [1.54, 1.807) is 7.11 Å². The lowest BCUT2D eigenvalue weighted by molar-refractivity contribution is 0.414. The Morgan fingerprint density at radius 1 is 1.11 bits per heavy atom. The van der Waals surface area contributed by atoms with E-state index in [9.17, 15) is 0 Å². The summed E-state index contributed by atoms with van der Waals surface area (Å²) >= 11 is 6.07. The molecule has 0 bridgehead atoms. The van der Waals surface area contributed by atoms with Crippen LogP contribution in [0.5, 0.6) is 5.75 Å². The highest BCUT2D eigenvalue weighted by molar-refractivity contribution is 6.30. The first-order valence-corrected chi connectivity index (χ1v) is 6.17. The van der Waals surface area contributed by atoms with Gasteiger partial charge in [-0.1, -0.05) is 23.7 Å². The van der Waals surface area contributed by atoms with E-state index in [0.29, 0.717) is 6.54 Å². The fraction of sp³-hybridized carbons (Fsp3) is 0.200. The second-order valence-corrected chi connectivity index (χ2v) is 4.62. The first kappa shape index (κ1) is 12.9. The monoisotopic (exact) mass is 261 g/mol. The third-order valence-electron chi connectivity index (χ3n) is 3.02. The van der Waals surface area contributed by atoms with Crippen LogP contribution in [0.2, 0.25) is 5.02 Å². The number of benzene rings is 2. The lowest BCUT2D eigenvalue weighted by atomic mass is 9.96. The molecule has 0 fully saturated rings. The first-order valence-electron chi connectivity index (χ1n) is 5.79. The van der Waals surface area contributed by atoms with Gasteiger partial charge in [-0.15, -0.1) is 0 Å². The zero-order valence-electron chi connectivity index (χ0n) is 10.5. The largest absolute Gasteiger partial charge is 0.497 e. The second-order valence-electron chi connectivity index (χ2n) is 4.19. The van der Waals surface area contributed by atoms with Crippen LogP contribution in [-0.2, 0) is 6.54 Å². The van der Waals surface area contributed by atoms with Crippen molar-refractivity contribution in [1.29, 1.82) is 0 Å². The number of ether oxygens (including phenoxy) is 1. The molecule has 0 radical (unpaired) electrons. The number of hydrogen-bond donors (Lipinski definition) is 1. The molecule has 0 atom stereocenters. The van der Waals surface area contributed by atoms with Crippen molar-refractivity contribution >= 4 is 11.6 Å². The molecule has 0 aliphatic carbocycles. The van der Waals surface area contributed by atoms with Crippen molar-refractivity contribution in [3.05, 3.63) is 52.5 Å². The van der Waals surface area contributed by atoms with Gasteiger partial charge in [-0.05, 0) is 53.4 Å². The van der Waals surface area contributed by atoms with Gasteiger partial charge < -0.3 is 10.5 Å². The topological polar surface area (TPSA) is 35.2 Å². The van der Waals surface area contributed by atoms with Crippen molar-refractivity contribution in [3.63, 3.8) is 0 Å². The lowest BCUT2D eigenvalue weighted by Crippen LogP contribution is -1.99. The Morgan fingerprint density at radius 2 is 1.89 bits per heavy atom. The SMILES string of the molecule is COc1ccc(-c2cc(Cl)ccc2CN)c(C)c1. The van der Waals surface area contributed by atoms with E-state index in [1.807, 2.05) is 36.4 Å². The number of rotatable bonds is 3. The molecular weight excluding hydrogens is 246 g/mol. The summed E-state index contributed by atoms with van der Waals surface area (Å²) in [6, 6.07) is 11.8. The Labute approximate surface area is 112 Å². The van der Waals surface area contributed by atoms with Gasteiger partial charge in [-0.3, -0.25) is 0 Å². The van der Waals surface area contributed by atoms with Crippen molar-refractivity contribution in [2.24, 2.45) is 5.73 Å². The van der Waals surface area contributed by atoms with Gasteiger partial charge in [0.25, 0.3) is 0 Å². The van der Waals surface area contributed by atoms with Crippen LogP contribution in [0.3, 0.4) is 0 Å². The molecule has 18 heavy (non-hydrogen) atoms. The fourth-order valence-electron chi connectivity index (χ4n) is 2.04. The van der Waals surface area contributed by atoms with E-state index >= 15 is 0 Å². The molecule has 2 nitrogen and oxygen atoms in total. The fourth-order valence-corrected chi connectivity index (χ4v) is 2.21. The minimum absolute atomic E-state index is 0.498. The third-order valence-corrected chi connectivity index (χ3v) is 3.25. The van der Waals surface area contributed by atoms with Crippen LogP contribution >= 0.6 is 11.6 Å². The zero-order valence-corrected chi connectivity index (χ0v) is 11.3. The van der Waals surface area contributed by atoms with E-state index in [0.717, 1.165) is 33.0 Å². The van der Waals surface area contributed by atoms with Crippen LogP contribution in [0.15, 0.2) is 36.4 Å². The Bertz CT molecular complexity index is 566. The van der Waals surface area contributed by atoms with E-state index < -0.39 is 0 Å². The van der Waals surface area contributed by atoms with Gasteiger partial charge in [-0.2, -0.15) is 0 Å². The molecule has 0 amide bonds. The Morgan fingerprint density at radius 3 is 2.50 bits per heavy atom. The van der Waals surface area contributed by atoms with Gasteiger partial charge in [0.2, 0.25) is 0 Å². The molecule has 3 heteroatoms. The molecule has 0 aliphatic rings. The third kappa shape index (κ3) is 2.50. The van der Waals surface area contributed by atoms with Gasteiger partial charge >= 0.3 is 0 Å². The van der Waals surface area contributed by atoms with Gasteiger partial charge in [0.05, 0.1) is 7.11 Å². The van der Waals surface area contributed by atoms with E-state index in [2.05, 4.69) is 6.92 Å². The number of methoxy groups -OCH3 is 1. The molecule has 0 saturated carbocycles. The number of halogens is 1. The highest BCUT2D eigenvalue weighted by Gasteiger charge is 2.08. The Kier molecular flexibility index (Phi) is 3.90. The summed E-state index contributed by atoms with van der Waals surface area (Å²) in [6.45, 7) is 2.55. The van der Waals surface area contributed by atoms with Crippen LogP contribution in [0.25, 0.3) is 11.1 Å². The van der Waals surface area contributed by atoms with Crippen molar-refractivity contribution in [2.75, 3.05) is 7.11 Å². The van der Waals surface area contributed by atoms with Crippen molar-refractivity contribution in [2.45, 2.75) is 13.5 Å². The molecule has 2 N–H and O–H groups in total. The summed E-state index contributed by atoms with van der Waals surface area (Å²) in [5.74, 6) is 0.854. The Hall–Kier alpha value is -1.51. The maximum absolute atomic E-state index is 6.07. The average molecular weight is 262 g/mol. The average Bonchev–Trinajstić information content (AvgIpc) is 2.38. The van der Waals surface area contributed by atoms with Crippen molar-refractivity contribution in [1.82, 2.24) is 0 Å². The molecule has 0 saturated heterocycles. The van der Waals surface area contributed by atoms with Gasteiger partial charge in [0.1, 0.15) is 5.75 Å². The predicted molar refractivity (Wildman–Crippen MR) is 76.1 cm³/mol. The van der Waals surface area contributed by atoms with Gasteiger partial charge in [0, 0.05) is 11.6 Å². The molecule has 2 rings (SSSR count). The Balaban J connectivity index is 2.57. The molecule has 2 aromatic rings. The van der Waals surface area contributed by atoms with E-state index in [1.165, 1.54) is 0 Å². The van der Waals surface area contributed by atoms with Crippen molar-refractivity contribution in [3.8, 4) is 16.9 Å². The summed E-state index contributed by atoms with van der Waals surface area (Å²) in [4.78, 5) is 0. The van der Waals surface area contributed by atoms with Gasteiger partial charge in [0.15, 0.2) is 0 Å². The highest BCUT2D eigenvalue weighted by atomic mass is 35.5. The molecule has 0 spiro atoms. The minimum Gasteiger partial charge on any atom is -0.497 e. The molecule has 0 aromatic heterocycles. The normalized spacial score (nSPS) is 10.4. The van der Waals surface area contributed by atoms with E-state index in [-0.39, 0.29) is 0 Å². The minimum atomic E-state index is 0.498. The lowest BCUT2D eigenvalue weighted by Gasteiger charge is -2.12. The summed E-state index contributed by atoms with van der Waals surface area (Å²) in [6.07, 6.45) is 0. The molecule has 2 aromatic carbocycles. The second kappa shape index (κ2) is 5.42. The van der Waals surface area contributed by atoms with Crippen molar-refractivity contribution < 1.29 is 4.74 Å². The number of hydrogen-bond acceptors (Lipinski definition) is 2. The summed E-state index contributed by atoms with van der Waals surface area (Å²) in [5.41, 5.74) is 10.2. The van der Waals surface area contributed by atoms with Crippen LogP contribution < -0.4 is 10.5 Å². The van der Waals surface area contributed by atoms with Crippen LogP contribution in [0.1, 0.15) is 11.1 Å². The summed E-state index contributed by atoms with van der Waals surface area (Å²) < 4.78 is 5.22. The summed E-state index contributed by atoms with van der Waals surface area (Å²) in [7, 11) is 1.67. The van der Waals surface area contributed by atoms with Crippen LogP contribution in [0.4, 0.5) is 0 Å². The van der Waals surface area contributed by atoms with E-state index in [4.69, 9.17) is 22.1 Å². The highest BCUT2D eigenvalue weighted by Crippen LogP contribution is 2.31. The quantitative estimate of drug-likeness (QED) is 0.913. The number of nitrogens with two attached hydrogens (primary N) is 1. The zero-order chi connectivity index (χ0) is 13.1. The summed E-state index contributed by atoms with van der Waals surface area (Å²) in [5, 5.41) is 0.720. The van der Waals surface area contributed by atoms with Crippen LogP contribution in [0, 0.1) is 6.92 Å². The molecular formula is C15H16ClNO. The maximum atomic E-state index is 6.07. The molecule has 0 unspecified atom stereocenters. The molecule has 0 heterocycles. The van der Waals surface area contributed by atoms with Crippen LogP contribution in [-0.4, -0.2) is 7.11 Å². The number of aryl methyl sites for hydroxylation is 1. The smallest absolute Gasteiger partial charge is 0.119 e.